The standard InChI is InChI=1S/C13H27N3O2S/c1-4-8-14-11-13-7-6-10-16(12-13)19(17,18)15(3)9-5-2/h5,13-14H,2,4,6-12H2,1,3H3. The second-order valence-electron chi connectivity index (χ2n) is 5.15. The molecule has 1 heterocycles. The lowest BCUT2D eigenvalue weighted by molar-refractivity contribution is 0.248. The molecule has 1 rings (SSSR count). The van der Waals surface area contributed by atoms with E-state index < -0.39 is 10.2 Å². The minimum Gasteiger partial charge on any atom is -0.316 e. The lowest BCUT2D eigenvalue weighted by Crippen LogP contribution is -2.48. The molecule has 1 aliphatic heterocycles. The van der Waals surface area contributed by atoms with Crippen molar-refractivity contribution < 1.29 is 8.42 Å². The van der Waals surface area contributed by atoms with E-state index in [0.717, 1.165) is 32.4 Å². The van der Waals surface area contributed by atoms with Gasteiger partial charge in [-0.15, -0.1) is 6.58 Å². The summed E-state index contributed by atoms with van der Waals surface area (Å²) < 4.78 is 27.6. The maximum absolute atomic E-state index is 12.3. The number of hydrogen-bond acceptors (Lipinski definition) is 3. The fourth-order valence-electron chi connectivity index (χ4n) is 2.36. The molecular weight excluding hydrogens is 262 g/mol. The molecule has 1 unspecified atom stereocenters. The SMILES string of the molecule is C=CCN(C)S(=O)(=O)N1CCCC(CNCCC)C1. The zero-order chi connectivity index (χ0) is 14.3. The third-order valence-corrected chi connectivity index (χ3v) is 5.37. The van der Waals surface area contributed by atoms with Crippen molar-refractivity contribution in [3.8, 4) is 0 Å². The van der Waals surface area contributed by atoms with Gasteiger partial charge in [0.25, 0.3) is 10.2 Å². The molecule has 6 heteroatoms. The van der Waals surface area contributed by atoms with Gasteiger partial charge in [-0.2, -0.15) is 17.0 Å². The van der Waals surface area contributed by atoms with E-state index in [1.54, 1.807) is 17.4 Å². The topological polar surface area (TPSA) is 52.7 Å². The van der Waals surface area contributed by atoms with Gasteiger partial charge in [-0.1, -0.05) is 13.0 Å². The molecule has 0 bridgehead atoms. The van der Waals surface area contributed by atoms with Gasteiger partial charge in [-0.25, -0.2) is 0 Å². The third-order valence-electron chi connectivity index (χ3n) is 3.45. The van der Waals surface area contributed by atoms with Crippen molar-refractivity contribution in [2.45, 2.75) is 26.2 Å². The molecule has 0 aliphatic carbocycles. The van der Waals surface area contributed by atoms with Crippen LogP contribution >= 0.6 is 0 Å². The zero-order valence-corrected chi connectivity index (χ0v) is 13.0. The maximum atomic E-state index is 12.3. The zero-order valence-electron chi connectivity index (χ0n) is 12.1. The summed E-state index contributed by atoms with van der Waals surface area (Å²) in [7, 11) is -1.71. The molecule has 5 nitrogen and oxygen atoms in total. The minimum atomic E-state index is -3.32. The van der Waals surface area contributed by atoms with Gasteiger partial charge >= 0.3 is 0 Å². The Morgan fingerprint density at radius 1 is 1.53 bits per heavy atom. The first kappa shape index (κ1) is 16.6. The molecule has 1 aliphatic rings. The number of rotatable bonds is 8. The molecule has 112 valence electrons. The van der Waals surface area contributed by atoms with Crippen LogP contribution in [-0.4, -0.2) is 56.8 Å². The summed E-state index contributed by atoms with van der Waals surface area (Å²) in [5.74, 6) is 0.423. The normalized spacial score (nSPS) is 21.7. The largest absolute Gasteiger partial charge is 0.316 e. The van der Waals surface area contributed by atoms with Crippen molar-refractivity contribution in [3.63, 3.8) is 0 Å². The van der Waals surface area contributed by atoms with Gasteiger partial charge in [0, 0.05) is 26.7 Å². The van der Waals surface area contributed by atoms with Gasteiger partial charge in [0.15, 0.2) is 0 Å². The second-order valence-corrected chi connectivity index (χ2v) is 7.18. The van der Waals surface area contributed by atoms with Crippen LogP contribution in [0.4, 0.5) is 0 Å². The minimum absolute atomic E-state index is 0.359. The van der Waals surface area contributed by atoms with Gasteiger partial charge in [0.1, 0.15) is 0 Å². The number of likely N-dealkylation sites (N-methyl/N-ethyl adjacent to an activating group) is 1. The third kappa shape index (κ3) is 4.87. The number of piperidine rings is 1. The van der Waals surface area contributed by atoms with Gasteiger partial charge in [0.2, 0.25) is 0 Å². The molecule has 0 saturated carbocycles. The first-order valence-corrected chi connectivity index (χ1v) is 8.45. The number of nitrogens with zero attached hydrogens (tertiary/aromatic N) is 2. The van der Waals surface area contributed by atoms with E-state index in [4.69, 9.17) is 0 Å². The van der Waals surface area contributed by atoms with Crippen molar-refractivity contribution in [1.82, 2.24) is 13.9 Å². The highest BCUT2D eigenvalue weighted by atomic mass is 32.2. The van der Waals surface area contributed by atoms with Crippen molar-refractivity contribution >= 4 is 10.2 Å². The second kappa shape index (κ2) is 7.99. The van der Waals surface area contributed by atoms with E-state index in [0.29, 0.717) is 25.6 Å². The van der Waals surface area contributed by atoms with Gasteiger partial charge in [-0.05, 0) is 38.3 Å². The van der Waals surface area contributed by atoms with Crippen molar-refractivity contribution in [2.24, 2.45) is 5.92 Å². The maximum Gasteiger partial charge on any atom is 0.282 e. The quantitative estimate of drug-likeness (QED) is 0.537. The Kier molecular flexibility index (Phi) is 6.99. The highest BCUT2D eigenvalue weighted by molar-refractivity contribution is 7.86. The highest BCUT2D eigenvalue weighted by Crippen LogP contribution is 2.20. The summed E-state index contributed by atoms with van der Waals surface area (Å²) in [4.78, 5) is 0. The Labute approximate surface area is 117 Å². The molecule has 1 atom stereocenters. The first-order chi connectivity index (χ1) is 9.02. The smallest absolute Gasteiger partial charge is 0.282 e. The molecule has 0 aromatic rings. The van der Waals surface area contributed by atoms with E-state index in [1.807, 2.05) is 0 Å². The molecule has 1 saturated heterocycles. The molecular formula is C13H27N3O2S. The summed E-state index contributed by atoms with van der Waals surface area (Å²) in [6, 6.07) is 0. The number of nitrogens with one attached hydrogen (secondary N) is 1. The average Bonchev–Trinajstić information content (AvgIpc) is 2.39. The van der Waals surface area contributed by atoms with E-state index in [1.165, 1.54) is 4.31 Å². The van der Waals surface area contributed by atoms with E-state index in [2.05, 4.69) is 18.8 Å². The molecule has 1 N–H and O–H groups in total. The Morgan fingerprint density at radius 3 is 2.89 bits per heavy atom. The molecule has 0 aromatic carbocycles. The highest BCUT2D eigenvalue weighted by Gasteiger charge is 2.31. The number of hydrogen-bond donors (Lipinski definition) is 1. The van der Waals surface area contributed by atoms with E-state index in [9.17, 15) is 8.42 Å². The molecule has 0 radical (unpaired) electrons. The summed E-state index contributed by atoms with van der Waals surface area (Å²) in [5.41, 5.74) is 0. The van der Waals surface area contributed by atoms with Crippen LogP contribution < -0.4 is 5.32 Å². The Balaban J connectivity index is 2.55. The van der Waals surface area contributed by atoms with Crippen LogP contribution in [0.25, 0.3) is 0 Å². The van der Waals surface area contributed by atoms with Gasteiger partial charge in [0.05, 0.1) is 0 Å². The summed E-state index contributed by atoms with van der Waals surface area (Å²) in [5, 5.41) is 3.38. The van der Waals surface area contributed by atoms with Crippen LogP contribution in [0.15, 0.2) is 12.7 Å². The molecule has 19 heavy (non-hydrogen) atoms. The fourth-order valence-corrected chi connectivity index (χ4v) is 3.81. The van der Waals surface area contributed by atoms with Crippen molar-refractivity contribution in [1.29, 1.82) is 0 Å². The Hall–Kier alpha value is -0.430. The van der Waals surface area contributed by atoms with Crippen LogP contribution in [0.1, 0.15) is 26.2 Å². The Morgan fingerprint density at radius 2 is 2.26 bits per heavy atom. The first-order valence-electron chi connectivity index (χ1n) is 7.05. The van der Waals surface area contributed by atoms with Gasteiger partial charge in [-0.3, -0.25) is 0 Å². The monoisotopic (exact) mass is 289 g/mol. The fraction of sp³-hybridized carbons (Fsp3) is 0.846. The summed E-state index contributed by atoms with van der Waals surface area (Å²) in [6.07, 6.45) is 4.77. The van der Waals surface area contributed by atoms with E-state index in [-0.39, 0.29) is 0 Å². The van der Waals surface area contributed by atoms with Crippen LogP contribution in [0.5, 0.6) is 0 Å². The summed E-state index contributed by atoms with van der Waals surface area (Å²) >= 11 is 0. The average molecular weight is 289 g/mol. The molecule has 1 fully saturated rings. The van der Waals surface area contributed by atoms with Gasteiger partial charge < -0.3 is 5.32 Å². The van der Waals surface area contributed by atoms with Crippen LogP contribution in [0, 0.1) is 5.92 Å². The van der Waals surface area contributed by atoms with E-state index >= 15 is 0 Å². The molecule has 0 spiro atoms. The lowest BCUT2D eigenvalue weighted by atomic mass is 10.00. The van der Waals surface area contributed by atoms with Crippen LogP contribution in [-0.2, 0) is 10.2 Å². The van der Waals surface area contributed by atoms with Crippen molar-refractivity contribution in [3.05, 3.63) is 12.7 Å². The lowest BCUT2D eigenvalue weighted by Gasteiger charge is -2.34. The predicted molar refractivity (Wildman–Crippen MR) is 79.2 cm³/mol. The molecule has 0 amide bonds. The molecule has 0 aromatic heterocycles. The van der Waals surface area contributed by atoms with Crippen molar-refractivity contribution in [2.75, 3.05) is 39.8 Å². The Bertz CT molecular complexity index is 370. The van der Waals surface area contributed by atoms with Crippen LogP contribution in [0.2, 0.25) is 0 Å². The summed E-state index contributed by atoms with van der Waals surface area (Å²) in [6.45, 7) is 9.25. The van der Waals surface area contributed by atoms with Crippen LogP contribution in [0.3, 0.4) is 0 Å². The predicted octanol–water partition coefficient (Wildman–Crippen LogP) is 1.06.